The molecule has 6 nitrogen and oxygen atoms in total. The Bertz CT molecular complexity index is 850. The minimum absolute atomic E-state index is 0.156. The molecule has 0 bridgehead atoms. The van der Waals surface area contributed by atoms with E-state index in [1.165, 1.54) is 12.1 Å². The summed E-state index contributed by atoms with van der Waals surface area (Å²) in [5.41, 5.74) is 2.97. The molecule has 0 spiro atoms. The second-order valence-electron chi connectivity index (χ2n) is 5.53. The summed E-state index contributed by atoms with van der Waals surface area (Å²) in [6.07, 6.45) is 2.42. The van der Waals surface area contributed by atoms with E-state index in [1.807, 2.05) is 19.2 Å². The van der Waals surface area contributed by atoms with Crippen molar-refractivity contribution in [1.82, 2.24) is 24.9 Å². The number of hydrogen-bond acceptors (Lipinski definition) is 3. The van der Waals surface area contributed by atoms with E-state index in [0.717, 1.165) is 17.1 Å². The molecule has 3 aromatic rings. The average Bonchev–Trinajstić information content (AvgIpc) is 3.14. The van der Waals surface area contributed by atoms with Crippen molar-refractivity contribution < 1.29 is 9.18 Å². The monoisotopic (exact) mass is 327 g/mol. The number of halogens is 1. The number of aromatic nitrogens is 4. The van der Waals surface area contributed by atoms with Crippen LogP contribution in [-0.4, -0.2) is 32.0 Å². The molecule has 0 atom stereocenters. The molecule has 24 heavy (non-hydrogen) atoms. The van der Waals surface area contributed by atoms with Crippen LogP contribution in [0.25, 0.3) is 5.69 Å². The molecule has 0 saturated carbocycles. The van der Waals surface area contributed by atoms with E-state index in [2.05, 4.69) is 15.5 Å². The molecule has 0 aliphatic carbocycles. The van der Waals surface area contributed by atoms with Gasteiger partial charge in [0, 0.05) is 26.2 Å². The van der Waals surface area contributed by atoms with Crippen LogP contribution in [0.3, 0.4) is 0 Å². The molecule has 124 valence electrons. The van der Waals surface area contributed by atoms with E-state index < -0.39 is 0 Å². The third kappa shape index (κ3) is 3.51. The van der Waals surface area contributed by atoms with Crippen molar-refractivity contribution in [3.63, 3.8) is 0 Å². The number of aryl methyl sites for hydroxylation is 2. The Labute approximate surface area is 138 Å². The number of hydrogen-bond donors (Lipinski definition) is 1. The first-order valence-electron chi connectivity index (χ1n) is 7.62. The van der Waals surface area contributed by atoms with Gasteiger partial charge in [0.1, 0.15) is 11.5 Å². The molecule has 2 heterocycles. The van der Waals surface area contributed by atoms with Crippen molar-refractivity contribution in [3.8, 4) is 5.69 Å². The van der Waals surface area contributed by atoms with E-state index in [1.54, 1.807) is 34.6 Å². The summed E-state index contributed by atoms with van der Waals surface area (Å²) in [7, 11) is 1.74. The molecule has 1 aromatic carbocycles. The second-order valence-corrected chi connectivity index (χ2v) is 5.53. The van der Waals surface area contributed by atoms with Crippen LogP contribution in [-0.2, 0) is 13.5 Å². The van der Waals surface area contributed by atoms with Crippen molar-refractivity contribution in [2.75, 3.05) is 6.54 Å². The van der Waals surface area contributed by atoms with Crippen molar-refractivity contribution >= 4 is 5.91 Å². The highest BCUT2D eigenvalue weighted by Gasteiger charge is 2.11. The predicted octanol–water partition coefficient (Wildman–Crippen LogP) is 2.03. The fraction of sp³-hybridized carbons (Fsp3) is 0.235. The molecule has 0 unspecified atom stereocenters. The second kappa shape index (κ2) is 6.66. The maximum atomic E-state index is 12.9. The van der Waals surface area contributed by atoms with Crippen LogP contribution in [0.4, 0.5) is 4.39 Å². The first-order valence-corrected chi connectivity index (χ1v) is 7.62. The highest BCUT2D eigenvalue weighted by atomic mass is 19.1. The van der Waals surface area contributed by atoms with Gasteiger partial charge >= 0.3 is 0 Å². The summed E-state index contributed by atoms with van der Waals surface area (Å²) in [4.78, 5) is 12.1. The lowest BCUT2D eigenvalue weighted by molar-refractivity contribution is 0.0944. The first kappa shape index (κ1) is 15.9. The lowest BCUT2D eigenvalue weighted by Crippen LogP contribution is -2.27. The maximum absolute atomic E-state index is 12.9. The number of nitrogens with zero attached hydrogens (tertiary/aromatic N) is 4. The molecule has 1 N–H and O–H groups in total. The molecular weight excluding hydrogens is 309 g/mol. The Hall–Kier alpha value is -2.96. The van der Waals surface area contributed by atoms with E-state index in [9.17, 15) is 9.18 Å². The first-order chi connectivity index (χ1) is 11.5. The molecule has 0 aliphatic heterocycles. The zero-order chi connectivity index (χ0) is 17.1. The Morgan fingerprint density at radius 3 is 2.62 bits per heavy atom. The molecule has 0 aliphatic rings. The highest BCUT2D eigenvalue weighted by Crippen LogP contribution is 2.09. The molecule has 0 fully saturated rings. The van der Waals surface area contributed by atoms with Crippen LogP contribution >= 0.6 is 0 Å². The number of carbonyl (C=O) groups is 1. The van der Waals surface area contributed by atoms with Gasteiger partial charge in [-0.1, -0.05) is 0 Å². The summed E-state index contributed by atoms with van der Waals surface area (Å²) in [5.74, 6) is -0.435. The third-order valence-corrected chi connectivity index (χ3v) is 3.64. The van der Waals surface area contributed by atoms with Crippen molar-refractivity contribution in [2.45, 2.75) is 13.3 Å². The summed E-state index contributed by atoms with van der Waals surface area (Å²) in [6.45, 7) is 2.32. The molecular formula is C17H18FN5O. The summed E-state index contributed by atoms with van der Waals surface area (Å²) < 4.78 is 16.2. The van der Waals surface area contributed by atoms with Crippen molar-refractivity contribution in [1.29, 1.82) is 0 Å². The van der Waals surface area contributed by atoms with E-state index in [0.29, 0.717) is 18.7 Å². The van der Waals surface area contributed by atoms with Gasteiger partial charge in [-0.3, -0.25) is 9.48 Å². The van der Waals surface area contributed by atoms with Crippen LogP contribution in [0.5, 0.6) is 0 Å². The number of nitrogens with one attached hydrogen (secondary N) is 1. The van der Waals surface area contributed by atoms with Crippen molar-refractivity contribution in [2.24, 2.45) is 7.05 Å². The van der Waals surface area contributed by atoms with Gasteiger partial charge < -0.3 is 5.32 Å². The predicted molar refractivity (Wildman–Crippen MR) is 87.5 cm³/mol. The van der Waals surface area contributed by atoms with Gasteiger partial charge in [-0.2, -0.15) is 10.2 Å². The number of carbonyl (C=O) groups excluding carboxylic acids is 1. The van der Waals surface area contributed by atoms with Gasteiger partial charge in [0.2, 0.25) is 0 Å². The van der Waals surface area contributed by atoms with Crippen LogP contribution in [0.15, 0.2) is 42.6 Å². The summed E-state index contributed by atoms with van der Waals surface area (Å²) >= 11 is 0. The van der Waals surface area contributed by atoms with Crippen LogP contribution < -0.4 is 5.32 Å². The standard InChI is InChI=1S/C17H18FN5O/c1-12-11-16(22(2)20-12)17(24)19-9-7-14-8-10-23(21-14)15-5-3-13(18)4-6-15/h3-6,8,10-11H,7,9H2,1-2H3,(H,19,24). The zero-order valence-electron chi connectivity index (χ0n) is 13.5. The van der Waals surface area contributed by atoms with E-state index in [-0.39, 0.29) is 11.7 Å². The molecule has 2 aromatic heterocycles. The summed E-state index contributed by atoms with van der Waals surface area (Å²) in [6, 6.07) is 9.75. The lowest BCUT2D eigenvalue weighted by Gasteiger charge is -2.04. The maximum Gasteiger partial charge on any atom is 0.269 e. The van der Waals surface area contributed by atoms with Crippen LogP contribution in [0, 0.1) is 12.7 Å². The average molecular weight is 327 g/mol. The fourth-order valence-electron chi connectivity index (χ4n) is 2.45. The largest absolute Gasteiger partial charge is 0.350 e. The highest BCUT2D eigenvalue weighted by molar-refractivity contribution is 5.92. The molecule has 0 radical (unpaired) electrons. The molecule has 3 rings (SSSR count). The number of benzene rings is 1. The Morgan fingerprint density at radius 2 is 1.96 bits per heavy atom. The smallest absolute Gasteiger partial charge is 0.269 e. The minimum Gasteiger partial charge on any atom is -0.350 e. The van der Waals surface area contributed by atoms with E-state index >= 15 is 0 Å². The summed E-state index contributed by atoms with van der Waals surface area (Å²) in [5, 5.41) is 11.4. The van der Waals surface area contributed by atoms with Crippen LogP contribution in [0.2, 0.25) is 0 Å². The van der Waals surface area contributed by atoms with Gasteiger partial charge in [-0.05, 0) is 43.3 Å². The molecule has 1 amide bonds. The Morgan fingerprint density at radius 1 is 1.21 bits per heavy atom. The van der Waals surface area contributed by atoms with Gasteiger partial charge in [-0.15, -0.1) is 0 Å². The zero-order valence-corrected chi connectivity index (χ0v) is 13.5. The number of rotatable bonds is 5. The van der Waals surface area contributed by atoms with Gasteiger partial charge in [0.15, 0.2) is 0 Å². The third-order valence-electron chi connectivity index (χ3n) is 3.64. The minimum atomic E-state index is -0.278. The van der Waals surface area contributed by atoms with Crippen molar-refractivity contribution in [3.05, 3.63) is 65.5 Å². The molecule has 0 saturated heterocycles. The van der Waals surface area contributed by atoms with Gasteiger partial charge in [0.25, 0.3) is 5.91 Å². The Balaban J connectivity index is 1.57. The van der Waals surface area contributed by atoms with E-state index in [4.69, 9.17) is 0 Å². The quantitative estimate of drug-likeness (QED) is 0.780. The van der Waals surface area contributed by atoms with Gasteiger partial charge in [0.05, 0.1) is 17.1 Å². The fourth-order valence-corrected chi connectivity index (χ4v) is 2.45. The Kier molecular flexibility index (Phi) is 4.41. The number of amides is 1. The van der Waals surface area contributed by atoms with Gasteiger partial charge in [-0.25, -0.2) is 9.07 Å². The lowest BCUT2D eigenvalue weighted by atomic mass is 10.3. The normalized spacial score (nSPS) is 10.8. The topological polar surface area (TPSA) is 64.7 Å². The molecule has 7 heteroatoms. The SMILES string of the molecule is Cc1cc(C(=O)NCCc2ccn(-c3ccc(F)cc3)n2)n(C)n1. The van der Waals surface area contributed by atoms with Crippen LogP contribution in [0.1, 0.15) is 21.9 Å².